The van der Waals surface area contributed by atoms with Crippen LogP contribution >= 0.6 is 0 Å². The second-order valence-electron chi connectivity index (χ2n) is 7.40. The molecule has 7 rings (SSSR count). The first kappa shape index (κ1) is 13.6. The van der Waals surface area contributed by atoms with Gasteiger partial charge in [0.2, 0.25) is 0 Å². The standard InChI is InChI=1S/C26H15N/c1-2-8-17-16(7-1)13-14-19-21(17)15-22-18-9-3-5-11-23(18)27-24-12-6-4-10-20(24)25(19)26(22)27/h1-15H. The molecular formula is C26H15N. The first-order chi connectivity index (χ1) is 13.4. The molecule has 0 aliphatic heterocycles. The van der Waals surface area contributed by atoms with E-state index < -0.39 is 0 Å². The van der Waals surface area contributed by atoms with Crippen LogP contribution in [0.25, 0.3) is 59.6 Å². The molecule has 0 fully saturated rings. The summed E-state index contributed by atoms with van der Waals surface area (Å²) in [5.74, 6) is 0. The van der Waals surface area contributed by atoms with Gasteiger partial charge in [-0.15, -0.1) is 0 Å². The van der Waals surface area contributed by atoms with Crippen LogP contribution in [-0.4, -0.2) is 4.40 Å². The van der Waals surface area contributed by atoms with Crippen LogP contribution in [0.2, 0.25) is 0 Å². The van der Waals surface area contributed by atoms with Crippen LogP contribution in [0.5, 0.6) is 0 Å². The molecule has 124 valence electrons. The Labute approximate surface area is 155 Å². The predicted molar refractivity (Wildman–Crippen MR) is 116 cm³/mol. The normalized spacial score (nSPS) is 12.4. The number of fused-ring (bicyclic) bond motifs is 10. The van der Waals surface area contributed by atoms with Gasteiger partial charge in [0.15, 0.2) is 0 Å². The first-order valence-electron chi connectivity index (χ1n) is 9.39. The third kappa shape index (κ3) is 1.52. The van der Waals surface area contributed by atoms with E-state index in [4.69, 9.17) is 0 Å². The molecule has 0 spiro atoms. The lowest BCUT2D eigenvalue weighted by molar-refractivity contribution is 1.37. The number of benzene rings is 5. The Morgan fingerprint density at radius 1 is 0.444 bits per heavy atom. The maximum Gasteiger partial charge on any atom is 0.0626 e. The summed E-state index contributed by atoms with van der Waals surface area (Å²) in [5, 5.41) is 10.7. The molecule has 0 amide bonds. The van der Waals surface area contributed by atoms with Gasteiger partial charge in [0.05, 0.1) is 16.6 Å². The van der Waals surface area contributed by atoms with Gasteiger partial charge in [-0.1, -0.05) is 72.8 Å². The third-order valence-corrected chi connectivity index (χ3v) is 6.09. The Kier molecular flexibility index (Phi) is 2.30. The molecule has 2 aromatic heterocycles. The Balaban J connectivity index is 1.94. The zero-order valence-corrected chi connectivity index (χ0v) is 14.6. The van der Waals surface area contributed by atoms with Crippen molar-refractivity contribution in [2.75, 3.05) is 0 Å². The summed E-state index contributed by atoms with van der Waals surface area (Å²) < 4.78 is 2.45. The van der Waals surface area contributed by atoms with Gasteiger partial charge in [-0.25, -0.2) is 0 Å². The summed E-state index contributed by atoms with van der Waals surface area (Å²) in [5.41, 5.74) is 3.93. The number of rotatable bonds is 0. The smallest absolute Gasteiger partial charge is 0.0626 e. The summed E-state index contributed by atoms with van der Waals surface area (Å²) in [7, 11) is 0. The van der Waals surface area contributed by atoms with Crippen molar-refractivity contribution in [3.05, 3.63) is 91.0 Å². The number of nitrogens with zero attached hydrogens (tertiary/aromatic N) is 1. The van der Waals surface area contributed by atoms with Gasteiger partial charge in [-0.3, -0.25) is 0 Å². The Bertz CT molecular complexity index is 1670. The molecule has 1 heteroatoms. The molecule has 0 unspecified atom stereocenters. The molecule has 0 aliphatic carbocycles. The zero-order valence-electron chi connectivity index (χ0n) is 14.6. The van der Waals surface area contributed by atoms with E-state index in [1.165, 1.54) is 59.6 Å². The molecule has 0 N–H and O–H groups in total. The van der Waals surface area contributed by atoms with Crippen LogP contribution in [0.3, 0.4) is 0 Å². The molecule has 0 saturated carbocycles. The lowest BCUT2D eigenvalue weighted by Gasteiger charge is -2.07. The highest BCUT2D eigenvalue weighted by Crippen LogP contribution is 2.44. The highest BCUT2D eigenvalue weighted by atomic mass is 14.9. The monoisotopic (exact) mass is 341 g/mol. The number of aromatic nitrogens is 1. The molecule has 0 bridgehead atoms. The van der Waals surface area contributed by atoms with Gasteiger partial charge in [0.1, 0.15) is 0 Å². The number of hydrogen-bond acceptors (Lipinski definition) is 0. The highest BCUT2D eigenvalue weighted by Gasteiger charge is 2.19. The van der Waals surface area contributed by atoms with E-state index in [1.807, 2.05) is 0 Å². The lowest BCUT2D eigenvalue weighted by atomic mass is 9.96. The minimum atomic E-state index is 1.29. The van der Waals surface area contributed by atoms with Crippen LogP contribution in [0, 0.1) is 0 Å². The maximum absolute atomic E-state index is 2.45. The molecule has 0 saturated heterocycles. The van der Waals surface area contributed by atoms with Crippen molar-refractivity contribution in [1.29, 1.82) is 0 Å². The van der Waals surface area contributed by atoms with Crippen molar-refractivity contribution in [1.82, 2.24) is 4.40 Å². The van der Waals surface area contributed by atoms with Crippen LogP contribution < -0.4 is 0 Å². The van der Waals surface area contributed by atoms with E-state index in [9.17, 15) is 0 Å². The molecule has 27 heavy (non-hydrogen) atoms. The minimum Gasteiger partial charge on any atom is -0.308 e. The molecule has 0 atom stereocenters. The molecule has 5 aromatic carbocycles. The van der Waals surface area contributed by atoms with Crippen molar-refractivity contribution < 1.29 is 0 Å². The van der Waals surface area contributed by atoms with E-state index in [2.05, 4.69) is 95.4 Å². The summed E-state index contributed by atoms with van der Waals surface area (Å²) in [4.78, 5) is 0. The summed E-state index contributed by atoms with van der Waals surface area (Å²) in [6, 6.07) is 33.3. The van der Waals surface area contributed by atoms with E-state index in [-0.39, 0.29) is 0 Å². The van der Waals surface area contributed by atoms with Crippen molar-refractivity contribution in [2.45, 2.75) is 0 Å². The van der Waals surface area contributed by atoms with E-state index in [0.717, 1.165) is 0 Å². The fourth-order valence-electron chi connectivity index (χ4n) is 5.00. The SMILES string of the molecule is c1ccc2c(c1)ccc1c2cc2c3ccccc3n3c4ccccc4c1c23. The first-order valence-corrected chi connectivity index (χ1v) is 9.39. The average molecular weight is 341 g/mol. The Morgan fingerprint density at radius 3 is 1.96 bits per heavy atom. The Morgan fingerprint density at radius 2 is 1.11 bits per heavy atom. The Hall–Kier alpha value is -3.58. The number of hydrogen-bond donors (Lipinski definition) is 0. The molecule has 0 radical (unpaired) electrons. The maximum atomic E-state index is 2.45. The highest BCUT2D eigenvalue weighted by molar-refractivity contribution is 6.33. The second kappa shape index (κ2) is 4.57. The molecular weight excluding hydrogens is 326 g/mol. The summed E-state index contributed by atoms with van der Waals surface area (Å²) >= 11 is 0. The lowest BCUT2D eigenvalue weighted by Crippen LogP contribution is -1.80. The van der Waals surface area contributed by atoms with Gasteiger partial charge in [0, 0.05) is 21.5 Å². The van der Waals surface area contributed by atoms with E-state index >= 15 is 0 Å². The quantitative estimate of drug-likeness (QED) is 0.258. The van der Waals surface area contributed by atoms with E-state index in [0.29, 0.717) is 0 Å². The topological polar surface area (TPSA) is 4.41 Å². The average Bonchev–Trinajstić information content (AvgIpc) is 3.25. The molecule has 7 aromatic rings. The van der Waals surface area contributed by atoms with Gasteiger partial charge >= 0.3 is 0 Å². The zero-order chi connectivity index (χ0) is 17.5. The van der Waals surface area contributed by atoms with Gasteiger partial charge in [-0.05, 0) is 39.7 Å². The van der Waals surface area contributed by atoms with E-state index in [1.54, 1.807) is 0 Å². The fourth-order valence-corrected chi connectivity index (χ4v) is 5.00. The summed E-state index contributed by atoms with van der Waals surface area (Å²) in [6.45, 7) is 0. The van der Waals surface area contributed by atoms with Gasteiger partial charge in [-0.2, -0.15) is 0 Å². The van der Waals surface area contributed by atoms with Crippen molar-refractivity contribution in [2.24, 2.45) is 0 Å². The van der Waals surface area contributed by atoms with Crippen molar-refractivity contribution >= 4 is 59.6 Å². The van der Waals surface area contributed by atoms with Crippen LogP contribution in [0.1, 0.15) is 0 Å². The minimum absolute atomic E-state index is 1.29. The van der Waals surface area contributed by atoms with Crippen molar-refractivity contribution in [3.8, 4) is 0 Å². The van der Waals surface area contributed by atoms with Gasteiger partial charge < -0.3 is 4.40 Å². The summed E-state index contributed by atoms with van der Waals surface area (Å²) in [6.07, 6.45) is 0. The predicted octanol–water partition coefficient (Wildman–Crippen LogP) is 7.14. The largest absolute Gasteiger partial charge is 0.308 e. The molecule has 2 heterocycles. The second-order valence-corrected chi connectivity index (χ2v) is 7.40. The molecule has 1 nitrogen and oxygen atoms in total. The number of para-hydroxylation sites is 2. The third-order valence-electron chi connectivity index (χ3n) is 6.09. The van der Waals surface area contributed by atoms with Crippen LogP contribution in [0.4, 0.5) is 0 Å². The molecule has 0 aliphatic rings. The van der Waals surface area contributed by atoms with Crippen LogP contribution in [-0.2, 0) is 0 Å². The fraction of sp³-hybridized carbons (Fsp3) is 0. The van der Waals surface area contributed by atoms with Crippen molar-refractivity contribution in [3.63, 3.8) is 0 Å². The van der Waals surface area contributed by atoms with Crippen LogP contribution in [0.15, 0.2) is 91.0 Å². The van der Waals surface area contributed by atoms with Gasteiger partial charge in [0.25, 0.3) is 0 Å².